The molecule has 4 heterocycles. The van der Waals surface area contributed by atoms with Crippen LogP contribution < -0.4 is 0 Å². The lowest BCUT2D eigenvalue weighted by molar-refractivity contribution is -0.151. The molecule has 2 saturated heterocycles. The Bertz CT molecular complexity index is 894. The maximum atomic E-state index is 13.4. The Morgan fingerprint density at radius 1 is 1.17 bits per heavy atom. The van der Waals surface area contributed by atoms with E-state index in [-0.39, 0.29) is 17.9 Å². The molecule has 0 radical (unpaired) electrons. The zero-order valence-corrected chi connectivity index (χ0v) is 18.7. The number of aromatic nitrogens is 2. The van der Waals surface area contributed by atoms with E-state index >= 15 is 0 Å². The van der Waals surface area contributed by atoms with Crippen LogP contribution in [0.5, 0.6) is 0 Å². The van der Waals surface area contributed by atoms with Crippen LogP contribution in [0.1, 0.15) is 48.8 Å². The van der Waals surface area contributed by atoms with Crippen molar-refractivity contribution in [3.05, 3.63) is 23.0 Å². The van der Waals surface area contributed by atoms with Gasteiger partial charge in [0.05, 0.1) is 12.3 Å². The summed E-state index contributed by atoms with van der Waals surface area (Å²) >= 11 is 1.53. The van der Waals surface area contributed by atoms with Gasteiger partial charge in [0.2, 0.25) is 0 Å². The predicted molar refractivity (Wildman–Crippen MR) is 116 cm³/mol. The third kappa shape index (κ3) is 4.38. The molecule has 164 valence electrons. The Morgan fingerprint density at radius 2 is 2.03 bits per heavy atom. The molecule has 0 N–H and O–H groups in total. The number of fused-ring (bicyclic) bond motifs is 1. The fourth-order valence-corrected chi connectivity index (χ4v) is 5.17. The summed E-state index contributed by atoms with van der Waals surface area (Å²) in [5.74, 6) is -0.160. The van der Waals surface area contributed by atoms with Crippen LogP contribution in [0, 0.1) is 0 Å². The van der Waals surface area contributed by atoms with E-state index in [0.29, 0.717) is 18.8 Å². The monoisotopic (exact) mass is 433 g/mol. The van der Waals surface area contributed by atoms with E-state index in [1.54, 1.807) is 0 Å². The Morgan fingerprint density at radius 3 is 2.87 bits per heavy atom. The molecule has 30 heavy (non-hydrogen) atoms. The molecular weight excluding hydrogens is 402 g/mol. The maximum Gasteiger partial charge on any atom is 0.323 e. The minimum Gasteiger partial charge on any atom is -0.465 e. The largest absolute Gasteiger partial charge is 0.465 e. The molecule has 4 rings (SSSR count). The normalized spacial score (nSPS) is 21.7. The van der Waals surface area contributed by atoms with Crippen molar-refractivity contribution in [1.82, 2.24) is 24.1 Å². The summed E-state index contributed by atoms with van der Waals surface area (Å²) in [6.07, 6.45) is 5.80. The number of ether oxygens (including phenoxy) is 1. The minimum atomic E-state index is -0.252. The van der Waals surface area contributed by atoms with E-state index in [2.05, 4.69) is 16.8 Å². The van der Waals surface area contributed by atoms with Gasteiger partial charge in [-0.05, 0) is 46.3 Å². The molecule has 1 atom stereocenters. The van der Waals surface area contributed by atoms with Crippen LogP contribution >= 0.6 is 11.3 Å². The number of hydrogen-bond donors (Lipinski definition) is 0. The zero-order valence-electron chi connectivity index (χ0n) is 17.9. The van der Waals surface area contributed by atoms with Gasteiger partial charge in [-0.1, -0.05) is 6.42 Å². The highest BCUT2D eigenvalue weighted by Crippen LogP contribution is 2.25. The highest BCUT2D eigenvalue weighted by Gasteiger charge is 2.33. The lowest BCUT2D eigenvalue weighted by atomic mass is 10.0. The Kier molecular flexibility index (Phi) is 6.70. The number of likely N-dealkylation sites (N-methyl/N-ethyl adjacent to an activating group) is 1. The number of imidazole rings is 1. The van der Waals surface area contributed by atoms with Crippen molar-refractivity contribution >= 4 is 28.2 Å². The number of likely N-dealkylation sites (tertiary alicyclic amines) is 1. The third-order valence-electron chi connectivity index (χ3n) is 6.10. The van der Waals surface area contributed by atoms with Crippen LogP contribution in [0.25, 0.3) is 4.96 Å². The molecule has 2 aromatic rings. The molecule has 0 spiro atoms. The van der Waals surface area contributed by atoms with Crippen molar-refractivity contribution in [2.45, 2.75) is 45.2 Å². The van der Waals surface area contributed by atoms with Crippen LogP contribution in [-0.2, 0) is 16.1 Å². The van der Waals surface area contributed by atoms with Crippen molar-refractivity contribution < 1.29 is 14.3 Å². The van der Waals surface area contributed by atoms with Gasteiger partial charge in [0, 0.05) is 37.8 Å². The molecular formula is C21H31N5O3S. The molecule has 2 aromatic heterocycles. The summed E-state index contributed by atoms with van der Waals surface area (Å²) < 4.78 is 7.33. The molecule has 0 bridgehead atoms. The number of carbonyl (C=O) groups excluding carboxylic acids is 2. The van der Waals surface area contributed by atoms with Crippen LogP contribution in [-0.4, -0.2) is 88.4 Å². The van der Waals surface area contributed by atoms with E-state index in [9.17, 15) is 9.59 Å². The molecule has 2 aliphatic heterocycles. The first kappa shape index (κ1) is 21.3. The number of esters is 1. The van der Waals surface area contributed by atoms with Gasteiger partial charge < -0.3 is 14.5 Å². The molecule has 9 heteroatoms. The van der Waals surface area contributed by atoms with Gasteiger partial charge in [-0.3, -0.25) is 18.9 Å². The number of piperidine rings is 1. The van der Waals surface area contributed by atoms with Crippen LogP contribution in [0.15, 0.2) is 11.6 Å². The summed E-state index contributed by atoms with van der Waals surface area (Å²) in [5, 5.41) is 1.99. The first-order valence-electron chi connectivity index (χ1n) is 10.9. The molecule has 0 saturated carbocycles. The second-order valence-electron chi connectivity index (χ2n) is 8.15. The third-order valence-corrected chi connectivity index (χ3v) is 6.85. The van der Waals surface area contributed by atoms with Crippen molar-refractivity contribution in [3.8, 4) is 0 Å². The van der Waals surface area contributed by atoms with Gasteiger partial charge in [0.15, 0.2) is 10.7 Å². The molecule has 2 aliphatic rings. The van der Waals surface area contributed by atoms with Crippen molar-refractivity contribution in [1.29, 1.82) is 0 Å². The summed E-state index contributed by atoms with van der Waals surface area (Å²) in [5.41, 5.74) is 1.41. The highest BCUT2D eigenvalue weighted by atomic mass is 32.1. The Balaban J connectivity index is 1.61. The number of amides is 1. The number of thiazole rings is 1. The fraction of sp³-hybridized carbons (Fsp3) is 0.667. The predicted octanol–water partition coefficient (Wildman–Crippen LogP) is 2.09. The summed E-state index contributed by atoms with van der Waals surface area (Å²) in [4.78, 5) is 37.8. The van der Waals surface area contributed by atoms with Crippen LogP contribution in [0.2, 0.25) is 0 Å². The summed E-state index contributed by atoms with van der Waals surface area (Å²) in [6, 6.07) is -0.252. The lowest BCUT2D eigenvalue weighted by Crippen LogP contribution is -2.45. The number of rotatable bonds is 5. The molecule has 1 unspecified atom stereocenters. The lowest BCUT2D eigenvalue weighted by Gasteiger charge is -2.34. The van der Waals surface area contributed by atoms with Crippen LogP contribution in [0.4, 0.5) is 0 Å². The number of nitrogens with zero attached hydrogens (tertiary/aromatic N) is 5. The van der Waals surface area contributed by atoms with E-state index in [4.69, 9.17) is 9.72 Å². The highest BCUT2D eigenvalue weighted by molar-refractivity contribution is 7.15. The summed E-state index contributed by atoms with van der Waals surface area (Å²) in [7, 11) is 2.10. The van der Waals surface area contributed by atoms with E-state index in [1.165, 1.54) is 11.3 Å². The van der Waals surface area contributed by atoms with E-state index in [0.717, 1.165) is 69.1 Å². The van der Waals surface area contributed by atoms with Crippen LogP contribution in [0.3, 0.4) is 0 Å². The van der Waals surface area contributed by atoms with Gasteiger partial charge in [-0.25, -0.2) is 4.98 Å². The fourth-order valence-electron chi connectivity index (χ4n) is 4.43. The Labute approximate surface area is 181 Å². The van der Waals surface area contributed by atoms with Crippen molar-refractivity contribution in [2.75, 3.05) is 46.4 Å². The molecule has 0 aromatic carbocycles. The SMILES string of the molecule is CCOC(=O)C1CCCCN1Cc1c(C(=O)N2CCCN(C)CC2)nc2sccn12. The second kappa shape index (κ2) is 9.45. The quantitative estimate of drug-likeness (QED) is 0.673. The average molecular weight is 434 g/mol. The van der Waals surface area contributed by atoms with Gasteiger partial charge in [-0.2, -0.15) is 0 Å². The first-order chi connectivity index (χ1) is 14.6. The number of hydrogen-bond acceptors (Lipinski definition) is 7. The van der Waals surface area contributed by atoms with Gasteiger partial charge >= 0.3 is 5.97 Å². The van der Waals surface area contributed by atoms with Crippen molar-refractivity contribution in [2.24, 2.45) is 0 Å². The maximum absolute atomic E-state index is 13.4. The first-order valence-corrected chi connectivity index (χ1v) is 11.8. The number of carbonyl (C=O) groups is 2. The zero-order chi connectivity index (χ0) is 21.1. The van der Waals surface area contributed by atoms with Gasteiger partial charge in [-0.15, -0.1) is 11.3 Å². The standard InChI is InChI=1S/C21H31N5O3S/c1-3-29-20(28)16-7-4-5-9-25(16)15-17-18(22-21-26(17)13-14-30-21)19(27)24-10-6-8-23(2)11-12-24/h13-14,16H,3-12,15H2,1-2H3. The molecule has 1 amide bonds. The molecule has 0 aliphatic carbocycles. The second-order valence-corrected chi connectivity index (χ2v) is 9.02. The molecule has 8 nitrogen and oxygen atoms in total. The van der Waals surface area contributed by atoms with E-state index < -0.39 is 0 Å². The van der Waals surface area contributed by atoms with Crippen molar-refractivity contribution in [3.63, 3.8) is 0 Å². The smallest absolute Gasteiger partial charge is 0.323 e. The topological polar surface area (TPSA) is 70.4 Å². The van der Waals surface area contributed by atoms with E-state index in [1.807, 2.05) is 27.8 Å². The minimum absolute atomic E-state index is 0.000828. The van der Waals surface area contributed by atoms with Gasteiger partial charge in [0.25, 0.3) is 5.91 Å². The average Bonchev–Trinajstić information content (AvgIpc) is 3.26. The molecule has 2 fully saturated rings. The van der Waals surface area contributed by atoms with Gasteiger partial charge in [0.1, 0.15) is 6.04 Å². The summed E-state index contributed by atoms with van der Waals surface area (Å²) in [6.45, 7) is 6.92. The Hall–Kier alpha value is -1.97.